The second-order valence-corrected chi connectivity index (χ2v) is 13.2. The highest BCUT2D eigenvalue weighted by Crippen LogP contribution is 2.61. The van der Waals surface area contributed by atoms with Crippen molar-refractivity contribution in [3.8, 4) is 0 Å². The maximum atomic E-state index is 13.5. The molecule has 5 aliphatic rings. The molecule has 2 fully saturated rings. The van der Waals surface area contributed by atoms with E-state index in [1.165, 1.54) is 7.05 Å². The van der Waals surface area contributed by atoms with Gasteiger partial charge in [-0.3, -0.25) is 19.2 Å². The number of alkyl halides is 1. The molecule has 10 nitrogen and oxygen atoms in total. The Bertz CT molecular complexity index is 1850. The zero-order valence-electron chi connectivity index (χ0n) is 24.5. The molecule has 44 heavy (non-hydrogen) atoms. The fourth-order valence-electron chi connectivity index (χ4n) is 8.51. The summed E-state index contributed by atoms with van der Waals surface area (Å²) in [6.07, 6.45) is -0.502. The first-order valence-corrected chi connectivity index (χ1v) is 15.1. The van der Waals surface area contributed by atoms with E-state index in [9.17, 15) is 19.2 Å². The molecule has 1 unspecified atom stereocenters. The maximum Gasteiger partial charge on any atom is 0.250 e. The van der Waals surface area contributed by atoms with Gasteiger partial charge in [-0.15, -0.1) is 11.6 Å². The quantitative estimate of drug-likeness (QED) is 0.337. The number of carbonyl (C=O) groups is 4. The van der Waals surface area contributed by atoms with E-state index in [4.69, 9.17) is 11.6 Å². The molecule has 5 atom stereocenters. The summed E-state index contributed by atoms with van der Waals surface area (Å²) in [5, 5.41) is 12.9. The molecule has 8 rings (SSSR count). The van der Waals surface area contributed by atoms with Gasteiger partial charge in [-0.25, -0.2) is 0 Å². The van der Waals surface area contributed by atoms with Gasteiger partial charge >= 0.3 is 0 Å². The summed E-state index contributed by atoms with van der Waals surface area (Å²) in [4.78, 5) is 54.5. The lowest BCUT2D eigenvalue weighted by molar-refractivity contribution is -0.128. The first-order chi connectivity index (χ1) is 21.1. The van der Waals surface area contributed by atoms with Gasteiger partial charge in [0.1, 0.15) is 12.3 Å². The SMILES string of the molecule is CNC(=O)CC1(Cl)C(=O)Nc2c1cccc2[C@@]12CC(=O)N(C)[C@@H]1Nc1c([C@]34CC(=O)N(C)[C@H]3Nc3ccccc34)cccc12. The summed E-state index contributed by atoms with van der Waals surface area (Å²) in [5.41, 5.74) is 5.10. The van der Waals surface area contributed by atoms with E-state index in [0.717, 1.165) is 33.6 Å². The Morgan fingerprint density at radius 2 is 1.32 bits per heavy atom. The summed E-state index contributed by atoms with van der Waals surface area (Å²) >= 11 is 6.94. The minimum absolute atomic E-state index is 0.0392. The number of amides is 4. The number of carbonyl (C=O) groups excluding carboxylic acids is 4. The lowest BCUT2D eigenvalue weighted by Gasteiger charge is -2.33. The summed E-state index contributed by atoms with van der Waals surface area (Å²) < 4.78 is 0. The van der Waals surface area contributed by atoms with Crippen LogP contribution >= 0.6 is 11.6 Å². The van der Waals surface area contributed by atoms with Crippen LogP contribution in [0.4, 0.5) is 17.1 Å². The van der Waals surface area contributed by atoms with E-state index in [0.29, 0.717) is 17.7 Å². The molecule has 5 heterocycles. The number of anilines is 3. The summed E-state index contributed by atoms with van der Waals surface area (Å²) in [6, 6.07) is 19.8. The summed E-state index contributed by atoms with van der Waals surface area (Å²) in [5.74, 6) is -0.817. The van der Waals surface area contributed by atoms with E-state index < -0.39 is 27.8 Å². The first-order valence-electron chi connectivity index (χ1n) is 14.7. The highest BCUT2D eigenvalue weighted by Gasteiger charge is 2.63. The van der Waals surface area contributed by atoms with Gasteiger partial charge in [0.05, 0.1) is 22.9 Å². The van der Waals surface area contributed by atoms with Crippen molar-refractivity contribution in [2.75, 3.05) is 37.1 Å². The summed E-state index contributed by atoms with van der Waals surface area (Å²) in [6.45, 7) is 0. The van der Waals surface area contributed by atoms with Gasteiger partial charge in [0.25, 0.3) is 5.91 Å². The van der Waals surface area contributed by atoms with Crippen LogP contribution in [0.5, 0.6) is 0 Å². The van der Waals surface area contributed by atoms with Crippen LogP contribution in [-0.2, 0) is 34.9 Å². The van der Waals surface area contributed by atoms with Crippen molar-refractivity contribution in [3.05, 3.63) is 88.5 Å². The number of para-hydroxylation sites is 3. The van der Waals surface area contributed by atoms with E-state index in [1.54, 1.807) is 22.9 Å². The van der Waals surface area contributed by atoms with Crippen molar-refractivity contribution in [2.24, 2.45) is 0 Å². The Hall–Kier alpha value is -4.57. The third-order valence-electron chi connectivity index (χ3n) is 10.6. The van der Waals surface area contributed by atoms with Gasteiger partial charge < -0.3 is 31.1 Å². The Morgan fingerprint density at radius 1 is 0.795 bits per heavy atom. The molecule has 0 aromatic heterocycles. The number of hydrogen-bond donors (Lipinski definition) is 4. The third-order valence-corrected chi connectivity index (χ3v) is 11.1. The largest absolute Gasteiger partial charge is 0.364 e. The predicted molar refractivity (Wildman–Crippen MR) is 165 cm³/mol. The van der Waals surface area contributed by atoms with E-state index in [1.807, 2.05) is 49.5 Å². The van der Waals surface area contributed by atoms with Crippen molar-refractivity contribution in [1.29, 1.82) is 0 Å². The van der Waals surface area contributed by atoms with E-state index in [-0.39, 0.29) is 36.7 Å². The lowest BCUT2D eigenvalue weighted by atomic mass is 9.68. The van der Waals surface area contributed by atoms with Crippen LogP contribution in [0.25, 0.3) is 0 Å². The Balaban J connectivity index is 1.36. The molecule has 4 amide bonds. The first kappa shape index (κ1) is 27.0. The normalized spacial score (nSPS) is 30.7. The van der Waals surface area contributed by atoms with Crippen molar-refractivity contribution >= 4 is 52.3 Å². The zero-order chi connectivity index (χ0) is 30.8. The van der Waals surface area contributed by atoms with Gasteiger partial charge in [0, 0.05) is 50.9 Å². The molecule has 0 radical (unpaired) electrons. The molecule has 0 bridgehead atoms. The van der Waals surface area contributed by atoms with E-state index in [2.05, 4.69) is 33.4 Å². The van der Waals surface area contributed by atoms with Crippen molar-refractivity contribution in [3.63, 3.8) is 0 Å². The topological polar surface area (TPSA) is 123 Å². The van der Waals surface area contributed by atoms with E-state index >= 15 is 0 Å². The molecule has 0 aliphatic carbocycles. The molecule has 224 valence electrons. The Morgan fingerprint density at radius 3 is 1.95 bits per heavy atom. The van der Waals surface area contributed by atoms with Gasteiger partial charge in [-0.2, -0.15) is 0 Å². The average Bonchev–Trinajstić information content (AvgIpc) is 3.74. The van der Waals surface area contributed by atoms with Crippen LogP contribution < -0.4 is 21.3 Å². The van der Waals surface area contributed by atoms with Crippen LogP contribution in [0.2, 0.25) is 0 Å². The predicted octanol–water partition coefficient (Wildman–Crippen LogP) is 3.01. The number of benzene rings is 3. The number of halogens is 1. The molecular weight excluding hydrogens is 580 g/mol. The number of rotatable bonds is 4. The molecule has 2 saturated heterocycles. The van der Waals surface area contributed by atoms with Gasteiger partial charge in [-0.05, 0) is 28.3 Å². The summed E-state index contributed by atoms with van der Waals surface area (Å²) in [7, 11) is 5.12. The van der Waals surface area contributed by atoms with Crippen LogP contribution in [0, 0.1) is 0 Å². The highest BCUT2D eigenvalue weighted by atomic mass is 35.5. The molecular formula is C33H31ClN6O4. The van der Waals surface area contributed by atoms with Gasteiger partial charge in [0.15, 0.2) is 4.87 Å². The number of nitrogens with zero attached hydrogens (tertiary/aromatic N) is 2. The fraction of sp³-hybridized carbons (Fsp3) is 0.333. The van der Waals surface area contributed by atoms with Crippen LogP contribution in [0.3, 0.4) is 0 Å². The fourth-order valence-corrected chi connectivity index (χ4v) is 8.84. The smallest absolute Gasteiger partial charge is 0.250 e. The molecule has 3 aromatic carbocycles. The number of nitrogens with one attached hydrogen (secondary N) is 4. The van der Waals surface area contributed by atoms with Crippen molar-refractivity contribution in [1.82, 2.24) is 15.1 Å². The van der Waals surface area contributed by atoms with Crippen molar-refractivity contribution in [2.45, 2.75) is 47.3 Å². The van der Waals surface area contributed by atoms with Crippen molar-refractivity contribution < 1.29 is 19.2 Å². The molecule has 0 spiro atoms. The molecule has 3 aromatic rings. The average molecular weight is 611 g/mol. The number of fused-ring (bicyclic) bond motifs is 7. The second kappa shape index (κ2) is 8.75. The number of likely N-dealkylation sites (N-methyl/N-ethyl adjacent to an activating group) is 2. The number of hydrogen-bond acceptors (Lipinski definition) is 6. The van der Waals surface area contributed by atoms with Crippen LogP contribution in [0.1, 0.15) is 47.1 Å². The molecule has 11 heteroatoms. The third kappa shape index (κ3) is 3.06. The minimum Gasteiger partial charge on any atom is -0.364 e. The standard InChI is InChI=1S/C33H31ClN6O4/c1-35-23(41)14-33(34)21-12-7-11-20(27(21)38-30(33)44)32-16-25(43)40(3)29(32)37-26-18(9-6-10-19(26)32)31-15-24(42)39(2)28(31)36-22-13-5-4-8-17(22)31/h4-13,28-29,36-37H,14-16H2,1-3H3,(H,35,41)(H,38,44)/t28-,29+,31-,32+,33?/m1/s1. The maximum absolute atomic E-state index is 13.5. The Labute approximate surface area is 259 Å². The highest BCUT2D eigenvalue weighted by molar-refractivity contribution is 6.40. The minimum atomic E-state index is -1.58. The van der Waals surface area contributed by atoms with Crippen LogP contribution in [-0.4, -0.2) is 66.9 Å². The molecule has 0 saturated carbocycles. The number of likely N-dealkylation sites (tertiary alicyclic amines) is 2. The van der Waals surface area contributed by atoms with Crippen LogP contribution in [0.15, 0.2) is 60.7 Å². The zero-order valence-corrected chi connectivity index (χ0v) is 25.2. The second-order valence-electron chi connectivity index (χ2n) is 12.5. The van der Waals surface area contributed by atoms with Gasteiger partial charge in [-0.1, -0.05) is 54.6 Å². The molecule has 4 N–H and O–H groups in total. The Kier molecular flexibility index (Phi) is 5.37. The molecule has 5 aliphatic heterocycles. The van der Waals surface area contributed by atoms with Gasteiger partial charge in [0.2, 0.25) is 17.7 Å². The lowest BCUT2D eigenvalue weighted by Crippen LogP contribution is -2.44. The monoisotopic (exact) mass is 610 g/mol.